The quantitative estimate of drug-likeness (QED) is 0.728. The van der Waals surface area contributed by atoms with Crippen molar-refractivity contribution < 1.29 is 19.4 Å². The minimum absolute atomic E-state index is 0.00871. The summed E-state index contributed by atoms with van der Waals surface area (Å²) in [5.74, 6) is -1.21. The van der Waals surface area contributed by atoms with Crippen LogP contribution in [0, 0.1) is 5.41 Å². The molecule has 0 aromatic carbocycles. The molecule has 1 heterocycles. The first-order valence-corrected chi connectivity index (χ1v) is 6.69. The Bertz CT molecular complexity index is 331. The van der Waals surface area contributed by atoms with Gasteiger partial charge in [0.1, 0.15) is 0 Å². The lowest BCUT2D eigenvalue weighted by Gasteiger charge is -2.32. The number of ether oxygens (including phenoxy) is 1. The molecule has 1 aliphatic rings. The first-order chi connectivity index (χ1) is 8.85. The number of carbonyl (C=O) groups is 2. The van der Waals surface area contributed by atoms with Crippen LogP contribution < -0.4 is 5.32 Å². The van der Waals surface area contributed by atoms with E-state index in [1.165, 1.54) is 0 Å². The molecule has 0 saturated carbocycles. The van der Waals surface area contributed by atoms with Gasteiger partial charge in [-0.25, -0.2) is 0 Å². The van der Waals surface area contributed by atoms with Crippen LogP contribution in [0.15, 0.2) is 0 Å². The molecule has 1 fully saturated rings. The normalized spacial score (nSPS) is 21.1. The highest BCUT2D eigenvalue weighted by Crippen LogP contribution is 2.20. The van der Waals surface area contributed by atoms with Crippen molar-refractivity contribution in [1.82, 2.24) is 10.2 Å². The van der Waals surface area contributed by atoms with E-state index in [-0.39, 0.29) is 18.4 Å². The first kappa shape index (κ1) is 15.9. The van der Waals surface area contributed by atoms with Crippen molar-refractivity contribution in [2.45, 2.75) is 33.3 Å². The molecule has 0 aromatic heterocycles. The Morgan fingerprint density at radius 2 is 2.16 bits per heavy atom. The Morgan fingerprint density at radius 3 is 2.74 bits per heavy atom. The number of likely N-dealkylation sites (N-methyl/N-ethyl adjacent to an activating group) is 1. The van der Waals surface area contributed by atoms with Gasteiger partial charge in [-0.1, -0.05) is 6.92 Å². The minimum atomic E-state index is -1.03. The van der Waals surface area contributed by atoms with Crippen LogP contribution in [0.3, 0.4) is 0 Å². The first-order valence-electron chi connectivity index (χ1n) is 6.69. The Hall–Kier alpha value is -1.14. The lowest BCUT2D eigenvalue weighted by atomic mass is 9.89. The lowest BCUT2D eigenvalue weighted by Crippen LogP contribution is -2.47. The van der Waals surface area contributed by atoms with Crippen molar-refractivity contribution in [2.24, 2.45) is 5.41 Å². The molecule has 0 aromatic rings. The van der Waals surface area contributed by atoms with Gasteiger partial charge in [0, 0.05) is 26.1 Å². The van der Waals surface area contributed by atoms with Gasteiger partial charge in [0.05, 0.1) is 18.1 Å². The van der Waals surface area contributed by atoms with E-state index in [2.05, 4.69) is 17.1 Å². The van der Waals surface area contributed by atoms with E-state index in [0.717, 1.165) is 19.6 Å². The molecule has 0 aliphatic carbocycles. The molecule has 6 nitrogen and oxygen atoms in total. The third kappa shape index (κ3) is 5.16. The Balaban J connectivity index is 2.32. The predicted molar refractivity (Wildman–Crippen MR) is 70.9 cm³/mol. The SMILES string of the molecule is CCN1CCOC(CNC(=O)CC(C)(C)C(=O)O)C1. The molecule has 19 heavy (non-hydrogen) atoms. The third-order valence-electron chi connectivity index (χ3n) is 3.38. The predicted octanol–water partition coefficient (Wildman–Crippen LogP) is 0.324. The highest BCUT2D eigenvalue weighted by molar-refractivity contribution is 5.84. The number of nitrogens with one attached hydrogen (secondary N) is 1. The summed E-state index contributed by atoms with van der Waals surface area (Å²) in [5, 5.41) is 11.7. The van der Waals surface area contributed by atoms with E-state index >= 15 is 0 Å². The summed E-state index contributed by atoms with van der Waals surface area (Å²) < 4.78 is 5.57. The summed E-state index contributed by atoms with van der Waals surface area (Å²) in [6.45, 7) is 9.00. The van der Waals surface area contributed by atoms with E-state index in [9.17, 15) is 9.59 Å². The van der Waals surface area contributed by atoms with Gasteiger partial charge >= 0.3 is 5.97 Å². The summed E-state index contributed by atoms with van der Waals surface area (Å²) >= 11 is 0. The van der Waals surface area contributed by atoms with Gasteiger partial charge in [-0.15, -0.1) is 0 Å². The number of carboxylic acids is 1. The molecule has 0 radical (unpaired) electrons. The zero-order chi connectivity index (χ0) is 14.5. The van der Waals surface area contributed by atoms with E-state index in [1.54, 1.807) is 13.8 Å². The fourth-order valence-electron chi connectivity index (χ4n) is 1.96. The van der Waals surface area contributed by atoms with Crippen LogP contribution in [0.5, 0.6) is 0 Å². The Kier molecular flexibility index (Phi) is 5.75. The molecule has 1 rings (SSSR count). The molecule has 2 N–H and O–H groups in total. The molecular formula is C13H24N2O4. The average molecular weight is 272 g/mol. The van der Waals surface area contributed by atoms with Crippen LogP contribution in [0.1, 0.15) is 27.2 Å². The topological polar surface area (TPSA) is 78.9 Å². The Morgan fingerprint density at radius 1 is 1.47 bits per heavy atom. The molecule has 1 unspecified atom stereocenters. The van der Waals surface area contributed by atoms with E-state index in [1.807, 2.05) is 0 Å². The molecule has 1 saturated heterocycles. The van der Waals surface area contributed by atoms with Crippen LogP contribution in [-0.2, 0) is 14.3 Å². The standard InChI is InChI=1S/C13H24N2O4/c1-4-15-5-6-19-10(9-15)8-14-11(16)7-13(2,3)12(17)18/h10H,4-9H2,1-3H3,(H,14,16)(H,17,18). The monoisotopic (exact) mass is 272 g/mol. The zero-order valence-corrected chi connectivity index (χ0v) is 11.9. The van der Waals surface area contributed by atoms with Crippen LogP contribution in [0.2, 0.25) is 0 Å². The lowest BCUT2D eigenvalue weighted by molar-refractivity contribution is -0.149. The maximum absolute atomic E-state index is 11.7. The minimum Gasteiger partial charge on any atom is -0.481 e. The summed E-state index contributed by atoms with van der Waals surface area (Å²) in [6.07, 6.45) is -0.0300. The average Bonchev–Trinajstić information content (AvgIpc) is 2.36. The fourth-order valence-corrected chi connectivity index (χ4v) is 1.96. The van der Waals surface area contributed by atoms with E-state index in [4.69, 9.17) is 9.84 Å². The number of hydrogen-bond acceptors (Lipinski definition) is 4. The molecule has 0 spiro atoms. The number of carbonyl (C=O) groups excluding carboxylic acids is 1. The van der Waals surface area contributed by atoms with Crippen molar-refractivity contribution in [2.75, 3.05) is 32.8 Å². The second kappa shape index (κ2) is 6.86. The number of aliphatic carboxylic acids is 1. The van der Waals surface area contributed by atoms with Crippen molar-refractivity contribution in [3.8, 4) is 0 Å². The highest BCUT2D eigenvalue weighted by Gasteiger charge is 2.30. The van der Waals surface area contributed by atoms with Crippen LogP contribution in [0.4, 0.5) is 0 Å². The van der Waals surface area contributed by atoms with Gasteiger partial charge in [0.25, 0.3) is 0 Å². The van der Waals surface area contributed by atoms with Crippen LogP contribution in [-0.4, -0.2) is 60.8 Å². The van der Waals surface area contributed by atoms with Crippen LogP contribution in [0.25, 0.3) is 0 Å². The van der Waals surface area contributed by atoms with Crippen molar-refractivity contribution in [1.29, 1.82) is 0 Å². The second-order valence-electron chi connectivity index (χ2n) is 5.56. The summed E-state index contributed by atoms with van der Waals surface area (Å²) in [4.78, 5) is 24.9. The van der Waals surface area contributed by atoms with Gasteiger partial charge in [0.2, 0.25) is 5.91 Å². The van der Waals surface area contributed by atoms with Crippen molar-refractivity contribution >= 4 is 11.9 Å². The third-order valence-corrected chi connectivity index (χ3v) is 3.38. The number of nitrogens with zero attached hydrogens (tertiary/aromatic N) is 1. The van der Waals surface area contributed by atoms with Crippen molar-refractivity contribution in [3.63, 3.8) is 0 Å². The molecular weight excluding hydrogens is 248 g/mol. The zero-order valence-electron chi connectivity index (χ0n) is 11.9. The molecule has 110 valence electrons. The summed E-state index contributed by atoms with van der Waals surface area (Å²) in [6, 6.07) is 0. The van der Waals surface area contributed by atoms with Crippen molar-refractivity contribution in [3.05, 3.63) is 0 Å². The fraction of sp³-hybridized carbons (Fsp3) is 0.846. The van der Waals surface area contributed by atoms with E-state index in [0.29, 0.717) is 13.2 Å². The number of morpholine rings is 1. The molecule has 1 aliphatic heterocycles. The molecule has 6 heteroatoms. The van der Waals surface area contributed by atoms with Gasteiger partial charge < -0.3 is 15.2 Å². The Labute approximate surface area is 114 Å². The maximum atomic E-state index is 11.7. The smallest absolute Gasteiger partial charge is 0.309 e. The number of carboxylic acid groups (broad SMARTS) is 1. The second-order valence-corrected chi connectivity index (χ2v) is 5.56. The number of rotatable bonds is 6. The maximum Gasteiger partial charge on any atom is 0.309 e. The van der Waals surface area contributed by atoms with Gasteiger partial charge in [0.15, 0.2) is 0 Å². The van der Waals surface area contributed by atoms with E-state index < -0.39 is 11.4 Å². The number of amides is 1. The largest absolute Gasteiger partial charge is 0.481 e. The summed E-state index contributed by atoms with van der Waals surface area (Å²) in [7, 11) is 0. The number of hydrogen-bond donors (Lipinski definition) is 2. The van der Waals surface area contributed by atoms with Gasteiger partial charge in [-0.05, 0) is 20.4 Å². The molecule has 1 atom stereocenters. The summed E-state index contributed by atoms with van der Waals surface area (Å²) in [5.41, 5.74) is -1.03. The van der Waals surface area contributed by atoms with Crippen LogP contribution >= 0.6 is 0 Å². The molecule has 1 amide bonds. The molecule has 0 bridgehead atoms. The van der Waals surface area contributed by atoms with Gasteiger partial charge in [-0.3, -0.25) is 14.5 Å². The highest BCUT2D eigenvalue weighted by atomic mass is 16.5. The van der Waals surface area contributed by atoms with Gasteiger partial charge in [-0.2, -0.15) is 0 Å².